The van der Waals surface area contributed by atoms with E-state index in [1.807, 2.05) is 0 Å². The standard InChI is InChI=1S/C8H16ClNO/c1-7-5-11-6-8(2)10(7)4-3-9/h7-8H,3-6H2,1-2H3/t7-,8?/m0/s1. The van der Waals surface area contributed by atoms with Gasteiger partial charge in [0.25, 0.3) is 0 Å². The van der Waals surface area contributed by atoms with Crippen LogP contribution in [0.1, 0.15) is 13.8 Å². The SMILES string of the molecule is CC1COC[C@H](C)N1CCCl. The van der Waals surface area contributed by atoms with Gasteiger partial charge in [-0.3, -0.25) is 4.90 Å². The van der Waals surface area contributed by atoms with Gasteiger partial charge < -0.3 is 4.74 Å². The zero-order chi connectivity index (χ0) is 8.27. The average Bonchev–Trinajstić information content (AvgIpc) is 1.97. The molecular formula is C8H16ClNO. The van der Waals surface area contributed by atoms with Crippen LogP contribution in [0.4, 0.5) is 0 Å². The van der Waals surface area contributed by atoms with Crippen LogP contribution < -0.4 is 0 Å². The Morgan fingerprint density at radius 1 is 1.36 bits per heavy atom. The molecular weight excluding hydrogens is 162 g/mol. The lowest BCUT2D eigenvalue weighted by Crippen LogP contribution is -2.50. The molecule has 0 aliphatic carbocycles. The zero-order valence-electron chi connectivity index (χ0n) is 7.22. The predicted octanol–water partition coefficient (Wildman–Crippen LogP) is 1.33. The Labute approximate surface area is 73.5 Å². The molecule has 0 spiro atoms. The Hall–Kier alpha value is 0.210. The number of hydrogen-bond donors (Lipinski definition) is 0. The zero-order valence-corrected chi connectivity index (χ0v) is 7.97. The number of hydrogen-bond acceptors (Lipinski definition) is 2. The maximum Gasteiger partial charge on any atom is 0.0620 e. The Kier molecular flexibility index (Phi) is 3.63. The van der Waals surface area contributed by atoms with Crippen LogP contribution in [0.15, 0.2) is 0 Å². The van der Waals surface area contributed by atoms with Crippen molar-refractivity contribution in [2.75, 3.05) is 25.6 Å². The van der Waals surface area contributed by atoms with Gasteiger partial charge in [0.05, 0.1) is 13.2 Å². The Morgan fingerprint density at radius 3 is 2.36 bits per heavy atom. The third-order valence-electron chi connectivity index (χ3n) is 2.19. The Bertz CT molecular complexity index is 111. The molecule has 0 aromatic rings. The van der Waals surface area contributed by atoms with Gasteiger partial charge in [0.15, 0.2) is 0 Å². The third kappa shape index (κ3) is 2.32. The van der Waals surface area contributed by atoms with Crippen molar-refractivity contribution >= 4 is 11.6 Å². The molecule has 1 rings (SSSR count). The molecule has 2 atom stereocenters. The molecule has 66 valence electrons. The first kappa shape index (κ1) is 9.30. The topological polar surface area (TPSA) is 12.5 Å². The molecule has 0 bridgehead atoms. The fourth-order valence-electron chi connectivity index (χ4n) is 1.57. The highest BCUT2D eigenvalue weighted by Gasteiger charge is 2.23. The van der Waals surface area contributed by atoms with Crippen LogP contribution in [0.3, 0.4) is 0 Å². The first-order valence-corrected chi connectivity index (χ1v) is 4.68. The van der Waals surface area contributed by atoms with Crippen molar-refractivity contribution in [1.29, 1.82) is 0 Å². The van der Waals surface area contributed by atoms with E-state index in [-0.39, 0.29) is 0 Å². The minimum absolute atomic E-state index is 0.525. The molecule has 0 N–H and O–H groups in total. The minimum Gasteiger partial charge on any atom is -0.378 e. The van der Waals surface area contributed by atoms with Crippen LogP contribution in [0, 0.1) is 0 Å². The average molecular weight is 178 g/mol. The monoisotopic (exact) mass is 177 g/mol. The number of morpholine rings is 1. The largest absolute Gasteiger partial charge is 0.378 e. The quantitative estimate of drug-likeness (QED) is 0.591. The summed E-state index contributed by atoms with van der Waals surface area (Å²) in [6, 6.07) is 1.05. The molecule has 0 aromatic heterocycles. The van der Waals surface area contributed by atoms with Crippen LogP contribution in [-0.4, -0.2) is 42.6 Å². The molecule has 1 aliphatic rings. The van der Waals surface area contributed by atoms with E-state index in [4.69, 9.17) is 16.3 Å². The lowest BCUT2D eigenvalue weighted by molar-refractivity contribution is -0.0334. The summed E-state index contributed by atoms with van der Waals surface area (Å²) in [7, 11) is 0. The molecule has 1 saturated heterocycles. The molecule has 2 nitrogen and oxygen atoms in total. The number of nitrogens with zero attached hydrogens (tertiary/aromatic N) is 1. The van der Waals surface area contributed by atoms with E-state index in [1.54, 1.807) is 0 Å². The molecule has 1 aliphatic heterocycles. The second-order valence-electron chi connectivity index (χ2n) is 3.16. The van der Waals surface area contributed by atoms with Crippen molar-refractivity contribution in [1.82, 2.24) is 4.90 Å². The van der Waals surface area contributed by atoms with Gasteiger partial charge in [-0.15, -0.1) is 11.6 Å². The lowest BCUT2D eigenvalue weighted by Gasteiger charge is -2.38. The number of alkyl halides is 1. The van der Waals surface area contributed by atoms with Gasteiger partial charge in [-0.25, -0.2) is 0 Å². The maximum absolute atomic E-state index is 5.68. The molecule has 0 aromatic carbocycles. The summed E-state index contributed by atoms with van der Waals surface area (Å²) < 4.78 is 5.39. The summed E-state index contributed by atoms with van der Waals surface area (Å²) in [5.74, 6) is 0.717. The molecule has 0 radical (unpaired) electrons. The summed E-state index contributed by atoms with van der Waals surface area (Å²) in [6.45, 7) is 7.04. The van der Waals surface area contributed by atoms with Gasteiger partial charge >= 0.3 is 0 Å². The van der Waals surface area contributed by atoms with Gasteiger partial charge in [0.1, 0.15) is 0 Å². The minimum atomic E-state index is 0.525. The van der Waals surface area contributed by atoms with E-state index in [0.717, 1.165) is 19.8 Å². The molecule has 0 amide bonds. The van der Waals surface area contributed by atoms with Crippen LogP contribution >= 0.6 is 11.6 Å². The van der Waals surface area contributed by atoms with Crippen LogP contribution in [0.2, 0.25) is 0 Å². The van der Waals surface area contributed by atoms with E-state index < -0.39 is 0 Å². The molecule has 1 unspecified atom stereocenters. The first-order chi connectivity index (χ1) is 5.25. The number of halogens is 1. The molecule has 1 heterocycles. The Morgan fingerprint density at radius 2 is 1.91 bits per heavy atom. The smallest absolute Gasteiger partial charge is 0.0620 e. The van der Waals surface area contributed by atoms with Gasteiger partial charge in [-0.1, -0.05) is 0 Å². The van der Waals surface area contributed by atoms with Crippen molar-refractivity contribution in [3.63, 3.8) is 0 Å². The normalized spacial score (nSPS) is 34.1. The van der Waals surface area contributed by atoms with Crippen LogP contribution in [-0.2, 0) is 4.74 Å². The maximum atomic E-state index is 5.68. The Balaban J connectivity index is 2.41. The van der Waals surface area contributed by atoms with Crippen LogP contribution in [0.25, 0.3) is 0 Å². The number of rotatable bonds is 2. The molecule has 0 saturated carbocycles. The summed E-state index contributed by atoms with van der Waals surface area (Å²) in [5, 5.41) is 0. The first-order valence-electron chi connectivity index (χ1n) is 4.15. The van der Waals surface area contributed by atoms with Crippen molar-refractivity contribution in [3.8, 4) is 0 Å². The highest BCUT2D eigenvalue weighted by molar-refractivity contribution is 6.18. The summed E-state index contributed by atoms with van der Waals surface area (Å²) in [6.07, 6.45) is 0. The number of ether oxygens (including phenoxy) is 1. The van der Waals surface area contributed by atoms with Crippen molar-refractivity contribution in [2.45, 2.75) is 25.9 Å². The van der Waals surface area contributed by atoms with Crippen molar-refractivity contribution in [3.05, 3.63) is 0 Å². The summed E-state index contributed by atoms with van der Waals surface area (Å²) >= 11 is 5.68. The second-order valence-corrected chi connectivity index (χ2v) is 3.54. The fourth-order valence-corrected chi connectivity index (χ4v) is 1.77. The predicted molar refractivity (Wildman–Crippen MR) is 47.2 cm³/mol. The highest BCUT2D eigenvalue weighted by Crippen LogP contribution is 2.12. The van der Waals surface area contributed by atoms with E-state index in [9.17, 15) is 0 Å². The molecule has 11 heavy (non-hydrogen) atoms. The third-order valence-corrected chi connectivity index (χ3v) is 2.36. The fraction of sp³-hybridized carbons (Fsp3) is 1.00. The van der Waals surface area contributed by atoms with Gasteiger partial charge in [-0.05, 0) is 13.8 Å². The van der Waals surface area contributed by atoms with E-state index in [2.05, 4.69) is 18.7 Å². The summed E-state index contributed by atoms with van der Waals surface area (Å²) in [4.78, 5) is 2.40. The van der Waals surface area contributed by atoms with Crippen LogP contribution in [0.5, 0.6) is 0 Å². The molecule has 3 heteroatoms. The van der Waals surface area contributed by atoms with Gasteiger partial charge in [0, 0.05) is 24.5 Å². The van der Waals surface area contributed by atoms with E-state index in [0.29, 0.717) is 18.0 Å². The van der Waals surface area contributed by atoms with E-state index >= 15 is 0 Å². The van der Waals surface area contributed by atoms with Crippen molar-refractivity contribution in [2.24, 2.45) is 0 Å². The van der Waals surface area contributed by atoms with Gasteiger partial charge in [-0.2, -0.15) is 0 Å². The van der Waals surface area contributed by atoms with Gasteiger partial charge in [0.2, 0.25) is 0 Å². The second kappa shape index (κ2) is 4.29. The molecule has 1 fully saturated rings. The van der Waals surface area contributed by atoms with Crippen molar-refractivity contribution < 1.29 is 4.74 Å². The summed E-state index contributed by atoms with van der Waals surface area (Å²) in [5.41, 5.74) is 0. The lowest BCUT2D eigenvalue weighted by atomic mass is 10.2. The highest BCUT2D eigenvalue weighted by atomic mass is 35.5. The van der Waals surface area contributed by atoms with E-state index in [1.165, 1.54) is 0 Å².